The summed E-state index contributed by atoms with van der Waals surface area (Å²) in [5.74, 6) is -1.23. The third kappa shape index (κ3) is 2.03. The van der Waals surface area contributed by atoms with Crippen LogP contribution in [0.15, 0.2) is 36.4 Å². The van der Waals surface area contributed by atoms with Gasteiger partial charge in [-0.3, -0.25) is 0 Å². The molecule has 0 amide bonds. The standard InChI is InChI=1S/C13H10F2O/c1-8-2-3-12(13(15)4-8)9-5-10(14)7-11(16)6-9/h2-7,16H,1H3. The summed E-state index contributed by atoms with van der Waals surface area (Å²) in [5.41, 5.74) is 1.40. The van der Waals surface area contributed by atoms with E-state index in [4.69, 9.17) is 0 Å². The van der Waals surface area contributed by atoms with Crippen LogP contribution in [0.25, 0.3) is 11.1 Å². The average molecular weight is 220 g/mol. The molecule has 2 aromatic carbocycles. The molecule has 3 heteroatoms. The molecule has 0 spiro atoms. The molecular weight excluding hydrogens is 210 g/mol. The lowest BCUT2D eigenvalue weighted by Crippen LogP contribution is -1.87. The van der Waals surface area contributed by atoms with Crippen LogP contribution in [0, 0.1) is 18.6 Å². The summed E-state index contributed by atoms with van der Waals surface area (Å²) >= 11 is 0. The highest BCUT2D eigenvalue weighted by Gasteiger charge is 2.07. The van der Waals surface area contributed by atoms with Gasteiger partial charge in [0, 0.05) is 11.6 Å². The Morgan fingerprint density at radius 2 is 1.75 bits per heavy atom. The van der Waals surface area contributed by atoms with Crippen LogP contribution in [0.4, 0.5) is 8.78 Å². The van der Waals surface area contributed by atoms with Gasteiger partial charge in [-0.15, -0.1) is 0 Å². The Labute approximate surface area is 92.0 Å². The van der Waals surface area contributed by atoms with Gasteiger partial charge in [-0.2, -0.15) is 0 Å². The van der Waals surface area contributed by atoms with E-state index in [2.05, 4.69) is 0 Å². The van der Waals surface area contributed by atoms with Crippen molar-refractivity contribution in [1.29, 1.82) is 0 Å². The van der Waals surface area contributed by atoms with E-state index in [1.54, 1.807) is 19.1 Å². The molecule has 0 aliphatic rings. The second-order valence-electron chi connectivity index (χ2n) is 3.68. The van der Waals surface area contributed by atoms with Crippen molar-refractivity contribution in [3.8, 4) is 16.9 Å². The minimum absolute atomic E-state index is 0.213. The molecular formula is C13H10F2O. The molecule has 0 saturated heterocycles. The normalized spacial score (nSPS) is 10.4. The van der Waals surface area contributed by atoms with Crippen LogP contribution >= 0.6 is 0 Å². The third-order valence-electron chi connectivity index (χ3n) is 2.32. The van der Waals surface area contributed by atoms with Crippen molar-refractivity contribution in [2.45, 2.75) is 6.92 Å². The van der Waals surface area contributed by atoms with E-state index in [-0.39, 0.29) is 11.3 Å². The Morgan fingerprint density at radius 1 is 1.00 bits per heavy atom. The minimum atomic E-state index is -0.588. The topological polar surface area (TPSA) is 20.2 Å². The zero-order valence-electron chi connectivity index (χ0n) is 8.67. The van der Waals surface area contributed by atoms with E-state index < -0.39 is 11.6 Å². The maximum Gasteiger partial charge on any atom is 0.131 e. The van der Waals surface area contributed by atoms with Crippen molar-refractivity contribution in [3.05, 3.63) is 53.6 Å². The fourth-order valence-corrected chi connectivity index (χ4v) is 1.58. The molecule has 0 aromatic heterocycles. The molecule has 0 saturated carbocycles. The number of aromatic hydroxyl groups is 1. The second-order valence-corrected chi connectivity index (χ2v) is 3.68. The van der Waals surface area contributed by atoms with Crippen LogP contribution in [0.1, 0.15) is 5.56 Å². The maximum absolute atomic E-state index is 13.6. The van der Waals surface area contributed by atoms with Gasteiger partial charge in [-0.25, -0.2) is 8.78 Å². The Balaban J connectivity index is 2.58. The Bertz CT molecular complexity index is 515. The Kier molecular flexibility index (Phi) is 2.60. The number of hydrogen-bond donors (Lipinski definition) is 1. The summed E-state index contributed by atoms with van der Waals surface area (Å²) in [4.78, 5) is 0. The summed E-state index contributed by atoms with van der Waals surface area (Å²) < 4.78 is 26.6. The van der Waals surface area contributed by atoms with Crippen LogP contribution in [0.5, 0.6) is 5.75 Å². The van der Waals surface area contributed by atoms with Gasteiger partial charge in [0.05, 0.1) is 0 Å². The molecule has 0 atom stereocenters. The maximum atomic E-state index is 13.6. The lowest BCUT2D eigenvalue weighted by molar-refractivity contribution is 0.469. The number of halogens is 2. The third-order valence-corrected chi connectivity index (χ3v) is 2.32. The Hall–Kier alpha value is -1.90. The lowest BCUT2D eigenvalue weighted by Gasteiger charge is -2.05. The average Bonchev–Trinajstić information content (AvgIpc) is 2.15. The van der Waals surface area contributed by atoms with Gasteiger partial charge in [0.1, 0.15) is 17.4 Å². The summed E-state index contributed by atoms with van der Waals surface area (Å²) in [6.07, 6.45) is 0. The van der Waals surface area contributed by atoms with E-state index in [1.165, 1.54) is 18.2 Å². The Morgan fingerprint density at radius 3 is 2.38 bits per heavy atom. The fourth-order valence-electron chi connectivity index (χ4n) is 1.58. The first-order valence-electron chi connectivity index (χ1n) is 4.82. The molecule has 0 radical (unpaired) electrons. The highest BCUT2D eigenvalue weighted by molar-refractivity contribution is 5.66. The van der Waals surface area contributed by atoms with Crippen molar-refractivity contribution >= 4 is 0 Å². The monoisotopic (exact) mass is 220 g/mol. The molecule has 2 rings (SSSR count). The van der Waals surface area contributed by atoms with Crippen LogP contribution in [-0.4, -0.2) is 5.11 Å². The zero-order valence-corrected chi connectivity index (χ0v) is 8.67. The molecule has 0 fully saturated rings. The summed E-state index contributed by atoms with van der Waals surface area (Å²) in [5, 5.41) is 9.24. The van der Waals surface area contributed by atoms with Crippen molar-refractivity contribution in [1.82, 2.24) is 0 Å². The number of rotatable bonds is 1. The predicted octanol–water partition coefficient (Wildman–Crippen LogP) is 3.65. The minimum Gasteiger partial charge on any atom is -0.508 e. The van der Waals surface area contributed by atoms with E-state index in [0.29, 0.717) is 5.56 Å². The van der Waals surface area contributed by atoms with Crippen molar-refractivity contribution < 1.29 is 13.9 Å². The van der Waals surface area contributed by atoms with Crippen molar-refractivity contribution in [3.63, 3.8) is 0 Å². The van der Waals surface area contributed by atoms with Gasteiger partial charge in [0.15, 0.2) is 0 Å². The molecule has 0 unspecified atom stereocenters. The van der Waals surface area contributed by atoms with Gasteiger partial charge in [-0.05, 0) is 36.2 Å². The van der Waals surface area contributed by atoms with Crippen LogP contribution in [-0.2, 0) is 0 Å². The molecule has 2 aromatic rings. The molecule has 0 bridgehead atoms. The van der Waals surface area contributed by atoms with Gasteiger partial charge < -0.3 is 5.11 Å². The van der Waals surface area contributed by atoms with E-state index in [1.807, 2.05) is 0 Å². The second kappa shape index (κ2) is 3.93. The molecule has 0 heterocycles. The molecule has 82 valence electrons. The quantitative estimate of drug-likeness (QED) is 0.777. The van der Waals surface area contributed by atoms with Gasteiger partial charge in [0.25, 0.3) is 0 Å². The number of benzene rings is 2. The van der Waals surface area contributed by atoms with Crippen LogP contribution in [0.2, 0.25) is 0 Å². The number of phenolic OH excluding ortho intramolecular Hbond substituents is 1. The molecule has 16 heavy (non-hydrogen) atoms. The van der Waals surface area contributed by atoms with Crippen molar-refractivity contribution in [2.75, 3.05) is 0 Å². The number of hydrogen-bond acceptors (Lipinski definition) is 1. The fraction of sp³-hybridized carbons (Fsp3) is 0.0769. The van der Waals surface area contributed by atoms with Gasteiger partial charge in [0.2, 0.25) is 0 Å². The first-order chi connectivity index (χ1) is 7.56. The molecule has 0 aliphatic heterocycles. The smallest absolute Gasteiger partial charge is 0.131 e. The summed E-state index contributed by atoms with van der Waals surface area (Å²) in [7, 11) is 0. The first-order valence-corrected chi connectivity index (χ1v) is 4.82. The largest absolute Gasteiger partial charge is 0.508 e. The zero-order chi connectivity index (χ0) is 11.7. The van der Waals surface area contributed by atoms with Gasteiger partial charge >= 0.3 is 0 Å². The SMILES string of the molecule is Cc1ccc(-c2cc(O)cc(F)c2)c(F)c1. The van der Waals surface area contributed by atoms with E-state index in [9.17, 15) is 13.9 Å². The number of phenols is 1. The molecule has 0 aliphatic carbocycles. The molecule has 1 N–H and O–H groups in total. The number of aryl methyl sites for hydroxylation is 1. The lowest BCUT2D eigenvalue weighted by atomic mass is 10.0. The summed E-state index contributed by atoms with van der Waals surface area (Å²) in [6, 6.07) is 8.18. The van der Waals surface area contributed by atoms with Crippen LogP contribution < -0.4 is 0 Å². The van der Waals surface area contributed by atoms with Crippen LogP contribution in [0.3, 0.4) is 0 Å². The van der Waals surface area contributed by atoms with Crippen molar-refractivity contribution in [2.24, 2.45) is 0 Å². The predicted molar refractivity (Wildman–Crippen MR) is 58.2 cm³/mol. The van der Waals surface area contributed by atoms with E-state index in [0.717, 1.165) is 11.6 Å². The first kappa shape index (κ1) is 10.6. The van der Waals surface area contributed by atoms with Gasteiger partial charge in [-0.1, -0.05) is 12.1 Å². The highest BCUT2D eigenvalue weighted by atomic mass is 19.1. The van der Waals surface area contributed by atoms with E-state index >= 15 is 0 Å². The summed E-state index contributed by atoms with van der Waals surface area (Å²) in [6.45, 7) is 1.77. The highest BCUT2D eigenvalue weighted by Crippen LogP contribution is 2.27. The molecule has 1 nitrogen and oxygen atoms in total.